The number of ether oxygens (including phenoxy) is 1. The third kappa shape index (κ3) is 6.60. The second-order valence-corrected chi connectivity index (χ2v) is 9.28. The first kappa shape index (κ1) is 24.5. The van der Waals surface area contributed by atoms with E-state index in [4.69, 9.17) is 16.3 Å². The van der Waals surface area contributed by atoms with Crippen LogP contribution in [0.5, 0.6) is 5.75 Å². The number of hydrogen-bond acceptors (Lipinski definition) is 5. The molecule has 0 bridgehead atoms. The van der Waals surface area contributed by atoms with Gasteiger partial charge in [-0.05, 0) is 43.7 Å². The number of rotatable bonds is 9. The number of methoxy groups -OCH3 is 1. The van der Waals surface area contributed by atoms with E-state index in [1.165, 1.54) is 25.3 Å². The normalized spacial score (nSPS) is 12.0. The van der Waals surface area contributed by atoms with Crippen LogP contribution >= 0.6 is 11.6 Å². The molecule has 0 aliphatic rings. The van der Waals surface area contributed by atoms with Crippen molar-refractivity contribution in [1.82, 2.24) is 5.32 Å². The number of sulfonamides is 1. The number of carbonyl (C=O) groups is 2. The highest BCUT2D eigenvalue weighted by Crippen LogP contribution is 2.30. The van der Waals surface area contributed by atoms with Crippen LogP contribution in [-0.2, 0) is 14.8 Å². The summed E-state index contributed by atoms with van der Waals surface area (Å²) < 4.78 is 30.7. The molecule has 2 aromatic carbocycles. The van der Waals surface area contributed by atoms with Crippen molar-refractivity contribution in [2.75, 3.05) is 29.5 Å². The number of halogens is 1. The van der Waals surface area contributed by atoms with E-state index in [2.05, 4.69) is 10.6 Å². The molecule has 2 amide bonds. The van der Waals surface area contributed by atoms with E-state index in [1.807, 2.05) is 13.8 Å². The van der Waals surface area contributed by atoms with Gasteiger partial charge in [-0.2, -0.15) is 0 Å². The molecule has 0 aliphatic carbocycles. The van der Waals surface area contributed by atoms with E-state index in [0.717, 1.165) is 17.0 Å². The van der Waals surface area contributed by atoms with E-state index in [1.54, 1.807) is 24.3 Å². The van der Waals surface area contributed by atoms with Gasteiger partial charge >= 0.3 is 0 Å². The number of nitrogens with zero attached hydrogens (tertiary/aromatic N) is 1. The van der Waals surface area contributed by atoms with Crippen LogP contribution in [0, 0.1) is 0 Å². The Bertz CT molecular complexity index is 1060. The number of anilines is 2. The summed E-state index contributed by atoms with van der Waals surface area (Å²) in [7, 11) is -2.35. The molecule has 1 atom stereocenters. The van der Waals surface area contributed by atoms with Crippen LogP contribution in [0.25, 0.3) is 0 Å². The summed E-state index contributed by atoms with van der Waals surface area (Å²) in [6.07, 6.45) is 1.75. The molecule has 10 heteroatoms. The van der Waals surface area contributed by atoms with Crippen molar-refractivity contribution >= 4 is 44.8 Å². The van der Waals surface area contributed by atoms with Crippen LogP contribution in [0.4, 0.5) is 11.4 Å². The van der Waals surface area contributed by atoms with Crippen molar-refractivity contribution in [3.8, 4) is 5.75 Å². The highest BCUT2D eigenvalue weighted by molar-refractivity contribution is 7.92. The predicted octanol–water partition coefficient (Wildman–Crippen LogP) is 3.28. The monoisotopic (exact) mass is 467 g/mol. The lowest BCUT2D eigenvalue weighted by molar-refractivity contribution is -0.114. The Morgan fingerprint density at radius 1 is 1.19 bits per heavy atom. The summed E-state index contributed by atoms with van der Waals surface area (Å²) in [6.45, 7) is 3.33. The Morgan fingerprint density at radius 2 is 1.87 bits per heavy atom. The smallest absolute Gasteiger partial charge is 0.253 e. The molecule has 31 heavy (non-hydrogen) atoms. The van der Waals surface area contributed by atoms with Gasteiger partial charge < -0.3 is 15.4 Å². The van der Waals surface area contributed by atoms with Gasteiger partial charge in [0.15, 0.2) is 0 Å². The Labute approximate surface area is 187 Å². The highest BCUT2D eigenvalue weighted by atomic mass is 35.5. The van der Waals surface area contributed by atoms with Crippen molar-refractivity contribution < 1.29 is 22.7 Å². The lowest BCUT2D eigenvalue weighted by Crippen LogP contribution is -2.38. The lowest BCUT2D eigenvalue weighted by Gasteiger charge is -2.23. The molecule has 0 aliphatic heterocycles. The van der Waals surface area contributed by atoms with E-state index < -0.39 is 22.5 Å². The van der Waals surface area contributed by atoms with E-state index in [9.17, 15) is 18.0 Å². The summed E-state index contributed by atoms with van der Waals surface area (Å²) in [5.74, 6) is -0.558. The minimum Gasteiger partial charge on any atom is -0.495 e. The summed E-state index contributed by atoms with van der Waals surface area (Å²) in [5, 5.41) is 5.68. The molecule has 2 aromatic rings. The van der Waals surface area contributed by atoms with Gasteiger partial charge in [-0.3, -0.25) is 13.9 Å². The third-order valence-corrected chi connectivity index (χ3v) is 5.98. The van der Waals surface area contributed by atoms with E-state index in [0.29, 0.717) is 5.75 Å². The number of para-hydroxylation sites is 1. The van der Waals surface area contributed by atoms with Gasteiger partial charge in [0.05, 0.1) is 35.3 Å². The Morgan fingerprint density at radius 3 is 2.45 bits per heavy atom. The fourth-order valence-corrected chi connectivity index (χ4v) is 3.82. The lowest BCUT2D eigenvalue weighted by atomic mass is 10.1. The molecular formula is C21H26ClN3O5S. The average molecular weight is 468 g/mol. The minimum atomic E-state index is -3.79. The van der Waals surface area contributed by atoms with Gasteiger partial charge in [-0.15, -0.1) is 0 Å². The average Bonchev–Trinajstić information content (AvgIpc) is 2.71. The van der Waals surface area contributed by atoms with E-state index in [-0.39, 0.29) is 33.9 Å². The molecule has 8 nitrogen and oxygen atoms in total. The molecular weight excluding hydrogens is 442 g/mol. The van der Waals surface area contributed by atoms with Gasteiger partial charge in [0.25, 0.3) is 5.91 Å². The summed E-state index contributed by atoms with van der Waals surface area (Å²) in [6, 6.07) is 10.9. The van der Waals surface area contributed by atoms with Crippen LogP contribution in [0.1, 0.15) is 30.6 Å². The molecule has 0 aromatic heterocycles. The van der Waals surface area contributed by atoms with Gasteiger partial charge in [-0.1, -0.05) is 30.7 Å². The van der Waals surface area contributed by atoms with Gasteiger partial charge in [0.1, 0.15) is 12.3 Å². The second kappa shape index (κ2) is 10.5. The van der Waals surface area contributed by atoms with Crippen molar-refractivity contribution in [2.45, 2.75) is 26.3 Å². The summed E-state index contributed by atoms with van der Waals surface area (Å²) >= 11 is 6.11. The van der Waals surface area contributed by atoms with E-state index >= 15 is 0 Å². The van der Waals surface area contributed by atoms with Crippen LogP contribution in [0.3, 0.4) is 0 Å². The third-order valence-electron chi connectivity index (χ3n) is 4.55. The highest BCUT2D eigenvalue weighted by Gasteiger charge is 2.23. The maximum Gasteiger partial charge on any atom is 0.253 e. The molecule has 0 heterocycles. The first-order valence-corrected chi connectivity index (χ1v) is 11.8. The number of hydrogen-bond donors (Lipinski definition) is 2. The molecule has 168 valence electrons. The number of benzene rings is 2. The van der Waals surface area contributed by atoms with Gasteiger partial charge in [0.2, 0.25) is 15.9 Å². The van der Waals surface area contributed by atoms with Crippen LogP contribution < -0.4 is 19.7 Å². The molecule has 0 unspecified atom stereocenters. The first-order valence-electron chi connectivity index (χ1n) is 9.57. The molecule has 0 fully saturated rings. The molecule has 2 rings (SSSR count). The van der Waals surface area contributed by atoms with Crippen LogP contribution in [0.15, 0.2) is 42.5 Å². The minimum absolute atomic E-state index is 0.0307. The van der Waals surface area contributed by atoms with Gasteiger partial charge in [0, 0.05) is 6.04 Å². The first-order chi connectivity index (χ1) is 14.6. The Kier molecular flexibility index (Phi) is 8.29. The predicted molar refractivity (Wildman–Crippen MR) is 122 cm³/mol. The largest absolute Gasteiger partial charge is 0.495 e. The fourth-order valence-electron chi connectivity index (χ4n) is 2.72. The zero-order chi connectivity index (χ0) is 23.2. The van der Waals surface area contributed by atoms with Crippen LogP contribution in [0.2, 0.25) is 5.02 Å². The SMILES string of the molecule is CC[C@@H](C)NC(=O)c1ccccc1NC(=O)CN(c1ccc(OC)c(Cl)c1)S(C)(=O)=O. The topological polar surface area (TPSA) is 105 Å². The zero-order valence-electron chi connectivity index (χ0n) is 17.8. The molecule has 0 spiro atoms. The molecule has 2 N–H and O–H groups in total. The molecule has 0 saturated heterocycles. The molecule has 0 radical (unpaired) electrons. The number of carbonyl (C=O) groups excluding carboxylic acids is 2. The van der Waals surface area contributed by atoms with Crippen molar-refractivity contribution in [3.05, 3.63) is 53.1 Å². The summed E-state index contributed by atoms with van der Waals surface area (Å²) in [5.41, 5.74) is 0.787. The zero-order valence-corrected chi connectivity index (χ0v) is 19.4. The fraction of sp³-hybridized carbons (Fsp3) is 0.333. The Hall–Kier alpha value is -2.78. The summed E-state index contributed by atoms with van der Waals surface area (Å²) in [4.78, 5) is 25.2. The maximum absolute atomic E-state index is 12.7. The quantitative estimate of drug-likeness (QED) is 0.588. The van der Waals surface area contributed by atoms with Crippen molar-refractivity contribution in [2.24, 2.45) is 0 Å². The van der Waals surface area contributed by atoms with Gasteiger partial charge in [-0.25, -0.2) is 8.42 Å². The number of nitrogens with one attached hydrogen (secondary N) is 2. The van der Waals surface area contributed by atoms with Crippen molar-refractivity contribution in [1.29, 1.82) is 0 Å². The maximum atomic E-state index is 12.7. The second-order valence-electron chi connectivity index (χ2n) is 6.97. The van der Waals surface area contributed by atoms with Crippen molar-refractivity contribution in [3.63, 3.8) is 0 Å². The Balaban J connectivity index is 2.25. The number of amides is 2. The standard InChI is InChI=1S/C21H26ClN3O5S/c1-5-14(2)23-21(27)16-8-6-7-9-18(16)24-20(26)13-25(31(4,28)29)15-10-11-19(30-3)17(22)12-15/h6-12,14H,5,13H2,1-4H3,(H,23,27)(H,24,26)/t14-/m1/s1. The molecule has 0 saturated carbocycles. The van der Waals surface area contributed by atoms with Crippen LogP contribution in [-0.4, -0.2) is 46.2 Å².